The summed E-state index contributed by atoms with van der Waals surface area (Å²) in [6.45, 7) is 2.00. The summed E-state index contributed by atoms with van der Waals surface area (Å²) in [6.07, 6.45) is 0.475. The lowest BCUT2D eigenvalue weighted by Crippen LogP contribution is -2.16. The maximum absolute atomic E-state index is 13.3. The number of rotatable bonds is 4. The molecule has 4 rings (SSSR count). The lowest BCUT2D eigenvalue weighted by atomic mass is 10.1. The lowest BCUT2D eigenvalue weighted by Gasteiger charge is -2.08. The van der Waals surface area contributed by atoms with Crippen molar-refractivity contribution in [3.8, 4) is 0 Å². The first-order valence-electron chi connectivity index (χ1n) is 9.56. The number of halogens is 1. The molecule has 0 fully saturated rings. The van der Waals surface area contributed by atoms with E-state index >= 15 is 0 Å². The van der Waals surface area contributed by atoms with Crippen LogP contribution in [-0.4, -0.2) is 22.4 Å². The topological polar surface area (TPSA) is 53.8 Å². The van der Waals surface area contributed by atoms with Crippen molar-refractivity contribution in [2.24, 2.45) is 9.98 Å². The highest BCUT2D eigenvalue weighted by Gasteiger charge is 2.16. The molecule has 30 heavy (non-hydrogen) atoms. The Morgan fingerprint density at radius 3 is 2.33 bits per heavy atom. The fraction of sp³-hybridized carbons (Fsp3) is 0.125. The van der Waals surface area contributed by atoms with Crippen LogP contribution in [0.2, 0.25) is 0 Å². The summed E-state index contributed by atoms with van der Waals surface area (Å²) in [5, 5.41) is 3.70. The quantitative estimate of drug-likeness (QED) is 0.561. The third-order valence-corrected chi connectivity index (χ3v) is 5.56. The molecule has 4 nitrogen and oxygen atoms in total. The van der Waals surface area contributed by atoms with Crippen molar-refractivity contribution in [1.82, 2.24) is 0 Å². The summed E-state index contributed by atoms with van der Waals surface area (Å²) in [7, 11) is 0. The number of anilines is 1. The molecular weight excluding hydrogens is 397 g/mol. The van der Waals surface area contributed by atoms with Crippen LogP contribution in [0.5, 0.6) is 0 Å². The van der Waals surface area contributed by atoms with Crippen LogP contribution in [0, 0.1) is 12.7 Å². The zero-order valence-electron chi connectivity index (χ0n) is 16.4. The number of hydrogen-bond donors (Lipinski definition) is 1. The van der Waals surface area contributed by atoms with Crippen LogP contribution in [0.3, 0.4) is 0 Å². The Hall–Kier alpha value is -3.25. The molecule has 0 radical (unpaired) electrons. The van der Waals surface area contributed by atoms with Crippen molar-refractivity contribution in [3.05, 3.63) is 89.7 Å². The molecule has 0 spiro atoms. The maximum Gasteiger partial charge on any atom is 0.234 e. The lowest BCUT2D eigenvalue weighted by molar-refractivity contribution is -0.113. The van der Waals surface area contributed by atoms with E-state index in [9.17, 15) is 9.18 Å². The van der Waals surface area contributed by atoms with Crippen LogP contribution in [0.4, 0.5) is 21.5 Å². The molecule has 0 atom stereocenters. The summed E-state index contributed by atoms with van der Waals surface area (Å²) >= 11 is 1.39. The second-order valence-corrected chi connectivity index (χ2v) is 7.99. The molecule has 1 aliphatic rings. The van der Waals surface area contributed by atoms with Crippen molar-refractivity contribution in [3.63, 3.8) is 0 Å². The first-order valence-corrected chi connectivity index (χ1v) is 10.5. The molecule has 1 amide bonds. The summed E-state index contributed by atoms with van der Waals surface area (Å²) in [4.78, 5) is 21.9. The molecule has 3 aromatic rings. The van der Waals surface area contributed by atoms with Gasteiger partial charge in [0.15, 0.2) is 0 Å². The number of nitrogens with zero attached hydrogens (tertiary/aromatic N) is 2. The van der Waals surface area contributed by atoms with Crippen LogP contribution in [-0.2, 0) is 4.79 Å². The molecule has 1 heterocycles. The SMILES string of the molecule is Cc1ccc(NC(=O)CSC2=Nc3ccccc3N=C(c3ccc(F)cc3)C2)cc1. The Morgan fingerprint density at radius 1 is 0.967 bits per heavy atom. The number of aryl methyl sites for hydroxylation is 1. The molecular formula is C24H20FN3OS. The summed E-state index contributed by atoms with van der Waals surface area (Å²) in [6, 6.07) is 21.6. The molecule has 3 aromatic carbocycles. The molecule has 0 saturated carbocycles. The number of benzene rings is 3. The van der Waals surface area contributed by atoms with E-state index in [0.29, 0.717) is 6.42 Å². The summed E-state index contributed by atoms with van der Waals surface area (Å²) < 4.78 is 13.3. The van der Waals surface area contributed by atoms with Crippen molar-refractivity contribution < 1.29 is 9.18 Å². The van der Waals surface area contributed by atoms with Crippen molar-refractivity contribution in [2.45, 2.75) is 13.3 Å². The van der Waals surface area contributed by atoms with Crippen LogP contribution >= 0.6 is 11.8 Å². The summed E-state index contributed by atoms with van der Waals surface area (Å²) in [5.41, 5.74) is 5.07. The van der Waals surface area contributed by atoms with Gasteiger partial charge in [0.2, 0.25) is 5.91 Å². The average Bonchev–Trinajstić information content (AvgIpc) is 2.94. The fourth-order valence-electron chi connectivity index (χ4n) is 3.03. The first kappa shape index (κ1) is 20.0. The average molecular weight is 418 g/mol. The standard InChI is InChI=1S/C24H20FN3OS/c1-16-6-12-19(13-7-16)26-23(29)15-30-24-14-22(17-8-10-18(25)11-9-17)27-20-4-2-3-5-21(20)28-24/h2-13H,14-15H2,1H3,(H,26,29). The predicted molar refractivity (Wildman–Crippen MR) is 123 cm³/mol. The second-order valence-electron chi connectivity index (χ2n) is 6.94. The Morgan fingerprint density at radius 2 is 1.63 bits per heavy atom. The van der Waals surface area contributed by atoms with Crippen LogP contribution in [0.1, 0.15) is 17.5 Å². The first-order chi connectivity index (χ1) is 14.6. The van der Waals surface area contributed by atoms with Gasteiger partial charge in [-0.15, -0.1) is 11.8 Å². The van der Waals surface area contributed by atoms with Gasteiger partial charge in [-0.2, -0.15) is 0 Å². The van der Waals surface area contributed by atoms with Crippen LogP contribution in [0.25, 0.3) is 0 Å². The van der Waals surface area contributed by atoms with Gasteiger partial charge in [0, 0.05) is 12.1 Å². The second kappa shape index (κ2) is 9.05. The number of fused-ring (bicyclic) bond motifs is 1. The van der Waals surface area contributed by atoms with Gasteiger partial charge >= 0.3 is 0 Å². The highest BCUT2D eigenvalue weighted by atomic mass is 32.2. The Bertz CT molecular complexity index is 1120. The van der Waals surface area contributed by atoms with Gasteiger partial charge in [0.05, 0.1) is 27.9 Å². The fourth-order valence-corrected chi connectivity index (χ4v) is 3.80. The number of carbonyl (C=O) groups is 1. The van der Waals surface area contributed by atoms with Gasteiger partial charge in [0.25, 0.3) is 0 Å². The zero-order chi connectivity index (χ0) is 20.9. The Labute approximate surface area is 179 Å². The molecule has 6 heteroatoms. The molecule has 0 saturated heterocycles. The normalized spacial score (nSPS) is 13.0. The molecule has 0 bridgehead atoms. The van der Waals surface area contributed by atoms with Gasteiger partial charge in [-0.1, -0.05) is 42.0 Å². The molecule has 1 N–H and O–H groups in total. The molecule has 0 aromatic heterocycles. The predicted octanol–water partition coefficient (Wildman–Crippen LogP) is 6.06. The van der Waals surface area contributed by atoms with E-state index in [0.717, 1.165) is 38.9 Å². The van der Waals surface area contributed by atoms with E-state index in [-0.39, 0.29) is 17.5 Å². The minimum Gasteiger partial charge on any atom is -0.325 e. The van der Waals surface area contributed by atoms with Crippen molar-refractivity contribution >= 4 is 45.5 Å². The zero-order valence-corrected chi connectivity index (χ0v) is 17.2. The monoisotopic (exact) mass is 417 g/mol. The van der Waals surface area contributed by atoms with E-state index < -0.39 is 0 Å². The van der Waals surface area contributed by atoms with Crippen molar-refractivity contribution in [2.75, 3.05) is 11.1 Å². The Balaban J connectivity index is 1.51. The van der Waals surface area contributed by atoms with Crippen molar-refractivity contribution in [1.29, 1.82) is 0 Å². The number of carbonyl (C=O) groups excluding carboxylic acids is 1. The van der Waals surface area contributed by atoms with E-state index in [1.807, 2.05) is 55.5 Å². The van der Waals surface area contributed by atoms with Gasteiger partial charge in [-0.3, -0.25) is 9.79 Å². The van der Waals surface area contributed by atoms with Gasteiger partial charge in [0.1, 0.15) is 5.82 Å². The van der Waals surface area contributed by atoms with E-state index in [1.54, 1.807) is 12.1 Å². The van der Waals surface area contributed by atoms with Crippen LogP contribution in [0.15, 0.2) is 82.8 Å². The highest BCUT2D eigenvalue weighted by molar-refractivity contribution is 8.14. The number of hydrogen-bond acceptors (Lipinski definition) is 4. The molecule has 0 aliphatic carbocycles. The van der Waals surface area contributed by atoms with E-state index in [1.165, 1.54) is 23.9 Å². The minimum atomic E-state index is -0.288. The molecule has 1 aliphatic heterocycles. The number of aliphatic imine (C=N–C) groups is 2. The maximum atomic E-state index is 13.3. The van der Waals surface area contributed by atoms with Gasteiger partial charge < -0.3 is 5.32 Å². The third kappa shape index (κ3) is 5.02. The van der Waals surface area contributed by atoms with E-state index in [4.69, 9.17) is 9.98 Å². The number of para-hydroxylation sites is 2. The third-order valence-electron chi connectivity index (χ3n) is 4.58. The molecule has 150 valence electrons. The van der Waals surface area contributed by atoms with Crippen LogP contribution < -0.4 is 5.32 Å². The number of amides is 1. The van der Waals surface area contributed by atoms with Gasteiger partial charge in [-0.25, -0.2) is 9.38 Å². The minimum absolute atomic E-state index is 0.0932. The Kier molecular flexibility index (Phi) is 6.05. The largest absolute Gasteiger partial charge is 0.325 e. The molecule has 0 unspecified atom stereocenters. The van der Waals surface area contributed by atoms with E-state index in [2.05, 4.69) is 5.32 Å². The number of nitrogens with one attached hydrogen (secondary N) is 1. The smallest absolute Gasteiger partial charge is 0.234 e. The summed E-state index contributed by atoms with van der Waals surface area (Å²) in [5.74, 6) is -0.139. The highest BCUT2D eigenvalue weighted by Crippen LogP contribution is 2.33. The van der Waals surface area contributed by atoms with Gasteiger partial charge in [-0.05, 0) is 48.9 Å². The number of thioether (sulfide) groups is 1.